The molecule has 21 heavy (non-hydrogen) atoms. The van der Waals surface area contributed by atoms with Gasteiger partial charge >= 0.3 is 0 Å². The van der Waals surface area contributed by atoms with Gasteiger partial charge in [0, 0.05) is 18.0 Å². The number of ether oxygens (including phenoxy) is 1. The number of hydrogen-bond donors (Lipinski definition) is 1. The van der Waals surface area contributed by atoms with Crippen LogP contribution in [0, 0.1) is 0 Å². The van der Waals surface area contributed by atoms with Crippen LogP contribution in [0.4, 0.5) is 0 Å². The third-order valence-electron chi connectivity index (χ3n) is 2.96. The average molecular weight is 304 g/mol. The molecular weight excluding hydrogens is 286 g/mol. The average Bonchev–Trinajstić information content (AvgIpc) is 2.52. The molecule has 4 heteroatoms. The van der Waals surface area contributed by atoms with Crippen molar-refractivity contribution in [2.45, 2.75) is 19.4 Å². The molecule has 0 atom stereocenters. The fourth-order valence-electron chi connectivity index (χ4n) is 1.84. The van der Waals surface area contributed by atoms with E-state index in [9.17, 15) is 4.79 Å². The van der Waals surface area contributed by atoms with Crippen LogP contribution in [0.15, 0.2) is 54.6 Å². The topological polar surface area (TPSA) is 38.3 Å². The van der Waals surface area contributed by atoms with Gasteiger partial charge in [0.15, 0.2) is 0 Å². The van der Waals surface area contributed by atoms with Gasteiger partial charge in [0.05, 0.1) is 6.61 Å². The molecule has 0 aliphatic rings. The first-order valence-corrected chi connectivity index (χ1v) is 7.31. The summed E-state index contributed by atoms with van der Waals surface area (Å²) in [7, 11) is 0. The molecule has 0 aliphatic heterocycles. The summed E-state index contributed by atoms with van der Waals surface area (Å²) in [5, 5.41) is 3.58. The van der Waals surface area contributed by atoms with Crippen molar-refractivity contribution >= 4 is 17.5 Å². The number of carbonyl (C=O) groups is 1. The first-order valence-electron chi connectivity index (χ1n) is 6.93. The Hall–Kier alpha value is -2.00. The van der Waals surface area contributed by atoms with Gasteiger partial charge in [-0.2, -0.15) is 0 Å². The molecule has 0 radical (unpaired) electrons. The van der Waals surface area contributed by atoms with Gasteiger partial charge in [-0.25, -0.2) is 0 Å². The normalized spacial score (nSPS) is 10.1. The largest absolute Gasteiger partial charge is 0.494 e. The number of amides is 1. The number of hydrogen-bond acceptors (Lipinski definition) is 2. The zero-order chi connectivity index (χ0) is 14.9. The minimum atomic E-state index is 0.0403. The van der Waals surface area contributed by atoms with E-state index >= 15 is 0 Å². The van der Waals surface area contributed by atoms with Crippen LogP contribution in [-0.4, -0.2) is 12.5 Å². The number of carbonyl (C=O) groups excluding carboxylic acids is 1. The molecule has 2 aromatic carbocycles. The van der Waals surface area contributed by atoms with Crippen molar-refractivity contribution in [3.8, 4) is 5.75 Å². The fourth-order valence-corrected chi connectivity index (χ4v) is 1.96. The smallest absolute Gasteiger partial charge is 0.220 e. The molecule has 0 bridgehead atoms. The summed E-state index contributed by atoms with van der Waals surface area (Å²) >= 11 is 5.79. The Kier molecular flexibility index (Phi) is 6.10. The number of benzene rings is 2. The highest BCUT2D eigenvalue weighted by atomic mass is 35.5. The first-order chi connectivity index (χ1) is 10.2. The maximum atomic E-state index is 11.7. The van der Waals surface area contributed by atoms with Crippen LogP contribution in [0.5, 0.6) is 5.75 Å². The van der Waals surface area contributed by atoms with E-state index < -0.39 is 0 Å². The molecule has 0 aliphatic carbocycles. The molecule has 110 valence electrons. The molecule has 3 nitrogen and oxygen atoms in total. The van der Waals surface area contributed by atoms with Gasteiger partial charge in [-0.15, -0.1) is 0 Å². The quantitative estimate of drug-likeness (QED) is 0.790. The zero-order valence-corrected chi connectivity index (χ0v) is 12.5. The van der Waals surface area contributed by atoms with E-state index in [1.165, 1.54) is 0 Å². The van der Waals surface area contributed by atoms with Crippen LogP contribution in [0.25, 0.3) is 0 Å². The van der Waals surface area contributed by atoms with Gasteiger partial charge in [-0.3, -0.25) is 4.79 Å². The van der Waals surface area contributed by atoms with Crippen LogP contribution in [0.2, 0.25) is 5.02 Å². The van der Waals surface area contributed by atoms with Crippen molar-refractivity contribution in [1.82, 2.24) is 5.32 Å². The van der Waals surface area contributed by atoms with E-state index in [0.29, 0.717) is 31.0 Å². The molecule has 0 heterocycles. The Morgan fingerprint density at radius 3 is 2.48 bits per heavy atom. The van der Waals surface area contributed by atoms with Crippen molar-refractivity contribution in [3.63, 3.8) is 0 Å². The van der Waals surface area contributed by atoms with Crippen LogP contribution in [0.3, 0.4) is 0 Å². The summed E-state index contributed by atoms with van der Waals surface area (Å²) in [6.07, 6.45) is 1.14. The third-order valence-corrected chi connectivity index (χ3v) is 3.22. The SMILES string of the molecule is O=C(CCCOc1ccc(Cl)cc1)NCc1ccccc1. The maximum absolute atomic E-state index is 11.7. The summed E-state index contributed by atoms with van der Waals surface area (Å²) in [5.74, 6) is 0.808. The molecular formula is C17H18ClNO2. The number of halogens is 1. The molecule has 0 spiro atoms. The molecule has 0 unspecified atom stereocenters. The Labute approximate surface area is 129 Å². The molecule has 1 N–H and O–H groups in total. The fraction of sp³-hybridized carbons (Fsp3) is 0.235. The monoisotopic (exact) mass is 303 g/mol. The first kappa shape index (κ1) is 15.4. The second kappa shape index (κ2) is 8.32. The van der Waals surface area contributed by atoms with Crippen molar-refractivity contribution < 1.29 is 9.53 Å². The van der Waals surface area contributed by atoms with Crippen molar-refractivity contribution in [3.05, 3.63) is 65.2 Å². The van der Waals surface area contributed by atoms with E-state index in [1.54, 1.807) is 12.1 Å². The van der Waals surface area contributed by atoms with E-state index in [1.807, 2.05) is 42.5 Å². The second-order valence-corrected chi connectivity index (χ2v) is 5.10. The highest BCUT2D eigenvalue weighted by Crippen LogP contribution is 2.15. The predicted molar refractivity (Wildman–Crippen MR) is 84.5 cm³/mol. The van der Waals surface area contributed by atoms with Crippen molar-refractivity contribution in [2.24, 2.45) is 0 Å². The van der Waals surface area contributed by atoms with Gasteiger partial charge in [-0.1, -0.05) is 41.9 Å². The highest BCUT2D eigenvalue weighted by Gasteiger charge is 2.01. The molecule has 0 fully saturated rings. The van der Waals surface area contributed by atoms with Gasteiger partial charge in [0.1, 0.15) is 5.75 Å². The lowest BCUT2D eigenvalue weighted by Gasteiger charge is -2.07. The lowest BCUT2D eigenvalue weighted by Crippen LogP contribution is -2.22. The summed E-state index contributed by atoms with van der Waals surface area (Å²) in [6.45, 7) is 1.08. The molecule has 0 saturated carbocycles. The van der Waals surface area contributed by atoms with Crippen LogP contribution in [-0.2, 0) is 11.3 Å². The summed E-state index contributed by atoms with van der Waals surface area (Å²) < 4.78 is 5.54. The van der Waals surface area contributed by atoms with Gasteiger partial charge in [0.2, 0.25) is 5.91 Å². The Balaban J connectivity index is 1.60. The number of nitrogens with one attached hydrogen (secondary N) is 1. The van der Waals surface area contributed by atoms with Gasteiger partial charge in [0.25, 0.3) is 0 Å². The zero-order valence-electron chi connectivity index (χ0n) is 11.7. The lowest BCUT2D eigenvalue weighted by molar-refractivity contribution is -0.121. The summed E-state index contributed by atoms with van der Waals surface area (Å²) in [6, 6.07) is 17.1. The summed E-state index contributed by atoms with van der Waals surface area (Å²) in [5.41, 5.74) is 1.10. The highest BCUT2D eigenvalue weighted by molar-refractivity contribution is 6.30. The molecule has 0 aromatic heterocycles. The van der Waals surface area contributed by atoms with Crippen molar-refractivity contribution in [2.75, 3.05) is 6.61 Å². The van der Waals surface area contributed by atoms with Gasteiger partial charge < -0.3 is 10.1 Å². The third kappa shape index (κ3) is 5.88. The summed E-state index contributed by atoms with van der Waals surface area (Å²) in [4.78, 5) is 11.7. The predicted octanol–water partition coefficient (Wildman–Crippen LogP) is 3.82. The molecule has 0 saturated heterocycles. The standard InChI is InChI=1S/C17H18ClNO2/c18-15-8-10-16(11-9-15)21-12-4-7-17(20)19-13-14-5-2-1-3-6-14/h1-3,5-6,8-11H,4,7,12-13H2,(H,19,20). The van der Waals surface area contributed by atoms with E-state index in [0.717, 1.165) is 11.3 Å². The Bertz CT molecular complexity index is 555. The molecule has 1 amide bonds. The van der Waals surface area contributed by atoms with Crippen molar-refractivity contribution in [1.29, 1.82) is 0 Å². The minimum Gasteiger partial charge on any atom is -0.494 e. The Morgan fingerprint density at radius 2 is 1.76 bits per heavy atom. The van der Waals surface area contributed by atoms with Crippen LogP contribution < -0.4 is 10.1 Å². The van der Waals surface area contributed by atoms with E-state index in [2.05, 4.69) is 5.32 Å². The minimum absolute atomic E-state index is 0.0403. The van der Waals surface area contributed by atoms with Crippen LogP contribution in [0.1, 0.15) is 18.4 Å². The van der Waals surface area contributed by atoms with E-state index in [4.69, 9.17) is 16.3 Å². The van der Waals surface area contributed by atoms with E-state index in [-0.39, 0.29) is 5.91 Å². The lowest BCUT2D eigenvalue weighted by atomic mass is 10.2. The molecule has 2 aromatic rings. The van der Waals surface area contributed by atoms with Gasteiger partial charge in [-0.05, 0) is 36.2 Å². The Morgan fingerprint density at radius 1 is 1.05 bits per heavy atom. The van der Waals surface area contributed by atoms with Crippen LogP contribution >= 0.6 is 11.6 Å². The second-order valence-electron chi connectivity index (χ2n) is 4.67. The number of rotatable bonds is 7. The molecule has 2 rings (SSSR count). The maximum Gasteiger partial charge on any atom is 0.220 e.